The van der Waals surface area contributed by atoms with Crippen molar-refractivity contribution < 1.29 is 13.2 Å². The summed E-state index contributed by atoms with van der Waals surface area (Å²) in [4.78, 5) is 4.21. The van der Waals surface area contributed by atoms with Crippen molar-refractivity contribution in [1.29, 1.82) is 0 Å². The van der Waals surface area contributed by atoms with Gasteiger partial charge < -0.3 is 10.1 Å². The van der Waals surface area contributed by atoms with Crippen molar-refractivity contribution in [2.45, 2.75) is 11.8 Å². The lowest BCUT2D eigenvalue weighted by atomic mass is 10.5. The highest BCUT2D eigenvalue weighted by atomic mass is 32.2. The average Bonchev–Trinajstić information content (AvgIpc) is 2.39. The minimum Gasteiger partial charge on any atom is -0.380 e. The Morgan fingerprint density at radius 3 is 2.83 bits per heavy atom. The molecule has 6 nitrogen and oxygen atoms in total. The maximum absolute atomic E-state index is 12.2. The molecule has 0 aromatic carbocycles. The molecule has 0 spiro atoms. The van der Waals surface area contributed by atoms with E-state index in [1.807, 2.05) is 6.92 Å². The van der Waals surface area contributed by atoms with Crippen LogP contribution in [0.2, 0.25) is 0 Å². The van der Waals surface area contributed by atoms with Gasteiger partial charge in [0, 0.05) is 39.5 Å². The molecule has 0 aliphatic rings. The maximum atomic E-state index is 12.2. The van der Waals surface area contributed by atoms with Crippen LogP contribution in [0, 0.1) is 0 Å². The fourth-order valence-corrected chi connectivity index (χ4v) is 2.51. The number of nitrogens with one attached hydrogen (secondary N) is 1. The Labute approximate surface area is 108 Å². The molecule has 102 valence electrons. The fourth-order valence-electron chi connectivity index (χ4n) is 1.35. The number of hydrogen-bond acceptors (Lipinski definition) is 5. The zero-order valence-electron chi connectivity index (χ0n) is 10.9. The second kappa shape index (κ2) is 6.67. The van der Waals surface area contributed by atoms with Crippen molar-refractivity contribution in [3.8, 4) is 0 Å². The normalized spacial score (nSPS) is 11.8. The number of nitrogens with zero attached hydrogens (tertiary/aromatic N) is 2. The van der Waals surface area contributed by atoms with Crippen LogP contribution in [0.25, 0.3) is 0 Å². The third-order valence-electron chi connectivity index (χ3n) is 2.45. The third kappa shape index (κ3) is 3.66. The largest absolute Gasteiger partial charge is 0.380 e. The van der Waals surface area contributed by atoms with Crippen molar-refractivity contribution >= 4 is 15.8 Å². The van der Waals surface area contributed by atoms with Gasteiger partial charge in [0.05, 0.1) is 11.5 Å². The van der Waals surface area contributed by atoms with Crippen molar-refractivity contribution in [2.75, 3.05) is 39.2 Å². The Morgan fingerprint density at radius 1 is 1.50 bits per heavy atom. The van der Waals surface area contributed by atoms with Crippen LogP contribution in [0.1, 0.15) is 6.92 Å². The SMILES string of the molecule is CCOCCN(C)S(=O)(=O)c1ccnc(NC)c1. The van der Waals surface area contributed by atoms with E-state index in [2.05, 4.69) is 10.3 Å². The van der Waals surface area contributed by atoms with Gasteiger partial charge in [-0.15, -0.1) is 0 Å². The highest BCUT2D eigenvalue weighted by Gasteiger charge is 2.20. The maximum Gasteiger partial charge on any atom is 0.243 e. The molecule has 0 radical (unpaired) electrons. The predicted octanol–water partition coefficient (Wildman–Crippen LogP) is 0.780. The summed E-state index contributed by atoms with van der Waals surface area (Å²) in [5.74, 6) is 0.522. The number of pyridine rings is 1. The number of sulfonamides is 1. The van der Waals surface area contributed by atoms with E-state index in [-0.39, 0.29) is 4.90 Å². The van der Waals surface area contributed by atoms with Gasteiger partial charge in [-0.2, -0.15) is 4.31 Å². The first-order valence-electron chi connectivity index (χ1n) is 5.70. The molecule has 0 saturated heterocycles. The topological polar surface area (TPSA) is 71.5 Å². The number of likely N-dealkylation sites (N-methyl/N-ethyl adjacent to an activating group) is 1. The van der Waals surface area contributed by atoms with Crippen molar-refractivity contribution in [1.82, 2.24) is 9.29 Å². The molecule has 1 aromatic rings. The highest BCUT2D eigenvalue weighted by Crippen LogP contribution is 2.16. The molecule has 1 aromatic heterocycles. The molecule has 1 rings (SSSR count). The molecule has 0 bridgehead atoms. The van der Waals surface area contributed by atoms with Gasteiger partial charge in [-0.3, -0.25) is 0 Å². The second-order valence-electron chi connectivity index (χ2n) is 3.65. The number of ether oxygens (including phenoxy) is 1. The number of aromatic nitrogens is 1. The Bertz CT molecular complexity index is 476. The standard InChI is InChI=1S/C11H19N3O3S/c1-4-17-8-7-14(3)18(15,16)10-5-6-13-11(9-10)12-2/h5-6,9H,4,7-8H2,1-3H3,(H,12,13). The van der Waals surface area contributed by atoms with Crippen LogP contribution in [0.15, 0.2) is 23.2 Å². The lowest BCUT2D eigenvalue weighted by molar-refractivity contribution is 0.138. The lowest BCUT2D eigenvalue weighted by Gasteiger charge is -2.17. The predicted molar refractivity (Wildman–Crippen MR) is 70.1 cm³/mol. The zero-order chi connectivity index (χ0) is 13.6. The lowest BCUT2D eigenvalue weighted by Crippen LogP contribution is -2.30. The molecule has 0 saturated carbocycles. The molecule has 18 heavy (non-hydrogen) atoms. The molecule has 7 heteroatoms. The first kappa shape index (κ1) is 14.9. The van der Waals surface area contributed by atoms with Crippen molar-refractivity contribution in [3.05, 3.63) is 18.3 Å². The first-order valence-corrected chi connectivity index (χ1v) is 7.14. The Kier molecular flexibility index (Phi) is 5.52. The van der Waals surface area contributed by atoms with Gasteiger partial charge >= 0.3 is 0 Å². The fraction of sp³-hybridized carbons (Fsp3) is 0.545. The molecule has 0 amide bonds. The first-order chi connectivity index (χ1) is 8.52. The smallest absolute Gasteiger partial charge is 0.243 e. The van der Waals surface area contributed by atoms with E-state index in [0.29, 0.717) is 25.6 Å². The van der Waals surface area contributed by atoms with Gasteiger partial charge in [0.2, 0.25) is 10.0 Å². The van der Waals surface area contributed by atoms with Gasteiger partial charge in [-0.25, -0.2) is 13.4 Å². The summed E-state index contributed by atoms with van der Waals surface area (Å²) in [5, 5.41) is 2.81. The molecule has 0 atom stereocenters. The van der Waals surface area contributed by atoms with E-state index >= 15 is 0 Å². The van der Waals surface area contributed by atoms with E-state index in [1.165, 1.54) is 29.7 Å². The minimum atomic E-state index is -3.48. The summed E-state index contributed by atoms with van der Waals surface area (Å²) in [6.45, 7) is 3.16. The van der Waals surface area contributed by atoms with Crippen LogP contribution in [0.4, 0.5) is 5.82 Å². The summed E-state index contributed by atoms with van der Waals surface area (Å²) in [5.41, 5.74) is 0. The molecule has 1 heterocycles. The second-order valence-corrected chi connectivity index (χ2v) is 5.70. The van der Waals surface area contributed by atoms with Gasteiger partial charge in [0.1, 0.15) is 5.82 Å². The van der Waals surface area contributed by atoms with E-state index in [9.17, 15) is 8.42 Å². The molecular weight excluding hydrogens is 254 g/mol. The van der Waals surface area contributed by atoms with Crippen molar-refractivity contribution in [3.63, 3.8) is 0 Å². The van der Waals surface area contributed by atoms with E-state index in [4.69, 9.17) is 4.74 Å². The van der Waals surface area contributed by atoms with E-state index < -0.39 is 10.0 Å². The molecular formula is C11H19N3O3S. The summed E-state index contributed by atoms with van der Waals surface area (Å²) in [6, 6.07) is 2.99. The Hall–Kier alpha value is -1.18. The summed E-state index contributed by atoms with van der Waals surface area (Å²) in [6.07, 6.45) is 1.47. The molecule has 0 fully saturated rings. The minimum absolute atomic E-state index is 0.223. The number of anilines is 1. The van der Waals surface area contributed by atoms with Gasteiger partial charge in [-0.05, 0) is 13.0 Å². The number of rotatable bonds is 7. The average molecular weight is 273 g/mol. The summed E-state index contributed by atoms with van der Waals surface area (Å²) < 4.78 is 30.8. The van der Waals surface area contributed by atoms with Gasteiger partial charge in [-0.1, -0.05) is 0 Å². The van der Waals surface area contributed by atoms with Crippen LogP contribution in [0.5, 0.6) is 0 Å². The Balaban J connectivity index is 2.84. The van der Waals surface area contributed by atoms with Crippen LogP contribution in [-0.4, -0.2) is 51.6 Å². The van der Waals surface area contributed by atoms with Gasteiger partial charge in [0.15, 0.2) is 0 Å². The van der Waals surface area contributed by atoms with Crippen LogP contribution in [0.3, 0.4) is 0 Å². The summed E-state index contributed by atoms with van der Waals surface area (Å²) in [7, 11) is -0.251. The van der Waals surface area contributed by atoms with Gasteiger partial charge in [0.25, 0.3) is 0 Å². The molecule has 0 aliphatic carbocycles. The third-order valence-corrected chi connectivity index (χ3v) is 4.30. The van der Waals surface area contributed by atoms with Crippen LogP contribution >= 0.6 is 0 Å². The van der Waals surface area contributed by atoms with E-state index in [1.54, 1.807) is 7.05 Å². The van der Waals surface area contributed by atoms with E-state index in [0.717, 1.165) is 0 Å². The van der Waals surface area contributed by atoms with Crippen LogP contribution < -0.4 is 5.32 Å². The Morgan fingerprint density at radius 2 is 2.22 bits per heavy atom. The molecule has 0 unspecified atom stereocenters. The number of hydrogen-bond donors (Lipinski definition) is 1. The highest BCUT2D eigenvalue weighted by molar-refractivity contribution is 7.89. The quantitative estimate of drug-likeness (QED) is 0.743. The van der Waals surface area contributed by atoms with Crippen LogP contribution in [-0.2, 0) is 14.8 Å². The molecule has 0 aliphatic heterocycles. The van der Waals surface area contributed by atoms with Crippen molar-refractivity contribution in [2.24, 2.45) is 0 Å². The zero-order valence-corrected chi connectivity index (χ0v) is 11.7. The summed E-state index contributed by atoms with van der Waals surface area (Å²) >= 11 is 0. The monoisotopic (exact) mass is 273 g/mol. The molecule has 1 N–H and O–H groups in total.